The number of benzene rings is 1. The molecule has 17 heavy (non-hydrogen) atoms. The topological polar surface area (TPSA) is 78.5 Å². The molecule has 5 nitrogen and oxygen atoms in total. The number of hydrogen-bond acceptors (Lipinski definition) is 4. The SMILES string of the molecule is CCCC(=O)Nc1cccc(OCC(=O)[O-])c1. The van der Waals surface area contributed by atoms with E-state index in [9.17, 15) is 14.7 Å². The standard InChI is InChI=1S/C12H15NO4/c1-2-4-11(14)13-9-5-3-6-10(7-9)17-8-12(15)16/h3,5-7H,2,4,8H2,1H3,(H,13,14)(H,15,16)/p-1. The number of ether oxygens (including phenoxy) is 1. The van der Waals surface area contributed by atoms with Crippen LogP contribution in [0.1, 0.15) is 19.8 Å². The highest BCUT2D eigenvalue weighted by Gasteiger charge is 2.02. The predicted octanol–water partition coefficient (Wildman–Crippen LogP) is 0.554. The lowest BCUT2D eigenvalue weighted by Crippen LogP contribution is -2.28. The summed E-state index contributed by atoms with van der Waals surface area (Å²) in [5.74, 6) is -0.988. The molecule has 1 amide bonds. The van der Waals surface area contributed by atoms with Crippen molar-refractivity contribution >= 4 is 17.6 Å². The van der Waals surface area contributed by atoms with Gasteiger partial charge >= 0.3 is 0 Å². The number of nitrogens with one attached hydrogen (secondary N) is 1. The van der Waals surface area contributed by atoms with Crippen LogP contribution in [0, 0.1) is 0 Å². The van der Waals surface area contributed by atoms with Crippen LogP contribution in [0.5, 0.6) is 5.75 Å². The van der Waals surface area contributed by atoms with E-state index in [1.54, 1.807) is 24.3 Å². The summed E-state index contributed by atoms with van der Waals surface area (Å²) in [6.07, 6.45) is 1.22. The number of amides is 1. The van der Waals surface area contributed by atoms with Gasteiger partial charge in [-0.05, 0) is 18.6 Å². The van der Waals surface area contributed by atoms with Gasteiger partial charge in [0.1, 0.15) is 12.4 Å². The predicted molar refractivity (Wildman–Crippen MR) is 60.5 cm³/mol. The molecule has 1 rings (SSSR count). The Morgan fingerprint density at radius 2 is 2.18 bits per heavy atom. The number of hydrogen-bond donors (Lipinski definition) is 1. The molecule has 0 fully saturated rings. The Labute approximate surface area is 99.4 Å². The average Bonchev–Trinajstić information content (AvgIpc) is 2.27. The molecular formula is C12H14NO4-. The molecule has 0 heterocycles. The van der Waals surface area contributed by atoms with Gasteiger partial charge in [0.25, 0.3) is 0 Å². The molecule has 0 aromatic heterocycles. The van der Waals surface area contributed by atoms with Gasteiger partial charge in [-0.15, -0.1) is 0 Å². The van der Waals surface area contributed by atoms with Gasteiger partial charge in [-0.2, -0.15) is 0 Å². The minimum atomic E-state index is -1.29. The maximum Gasteiger partial charge on any atom is 0.224 e. The highest BCUT2D eigenvalue weighted by atomic mass is 16.5. The molecule has 0 spiro atoms. The lowest BCUT2D eigenvalue weighted by atomic mass is 10.2. The van der Waals surface area contributed by atoms with Gasteiger partial charge in [-0.3, -0.25) is 4.79 Å². The largest absolute Gasteiger partial charge is 0.546 e. The van der Waals surface area contributed by atoms with E-state index in [1.165, 1.54) is 0 Å². The van der Waals surface area contributed by atoms with Crippen LogP contribution < -0.4 is 15.2 Å². The van der Waals surface area contributed by atoms with Crippen molar-refractivity contribution < 1.29 is 19.4 Å². The molecule has 0 radical (unpaired) electrons. The van der Waals surface area contributed by atoms with Crippen LogP contribution in [0.4, 0.5) is 5.69 Å². The molecule has 0 aliphatic carbocycles. The van der Waals surface area contributed by atoms with Gasteiger partial charge in [0.2, 0.25) is 5.91 Å². The first-order valence-electron chi connectivity index (χ1n) is 5.34. The summed E-state index contributed by atoms with van der Waals surface area (Å²) in [6, 6.07) is 6.56. The highest BCUT2D eigenvalue weighted by Crippen LogP contribution is 2.17. The van der Waals surface area contributed by atoms with Gasteiger partial charge in [-0.25, -0.2) is 0 Å². The van der Waals surface area contributed by atoms with Crippen LogP contribution in [-0.4, -0.2) is 18.5 Å². The Balaban J connectivity index is 2.59. The van der Waals surface area contributed by atoms with E-state index in [0.29, 0.717) is 17.9 Å². The van der Waals surface area contributed by atoms with Crippen LogP contribution in [-0.2, 0) is 9.59 Å². The fraction of sp³-hybridized carbons (Fsp3) is 0.333. The Bertz CT molecular complexity index is 403. The number of carbonyl (C=O) groups is 2. The fourth-order valence-corrected chi connectivity index (χ4v) is 1.26. The Kier molecular flexibility index (Phi) is 5.00. The lowest BCUT2D eigenvalue weighted by Gasteiger charge is -2.09. The van der Waals surface area contributed by atoms with E-state index < -0.39 is 12.6 Å². The van der Waals surface area contributed by atoms with Gasteiger partial charge < -0.3 is 20.0 Å². The van der Waals surface area contributed by atoms with Crippen LogP contribution in [0.3, 0.4) is 0 Å². The normalized spacial score (nSPS) is 9.71. The van der Waals surface area contributed by atoms with Crippen molar-refractivity contribution in [3.05, 3.63) is 24.3 Å². The van der Waals surface area contributed by atoms with E-state index in [-0.39, 0.29) is 5.91 Å². The summed E-state index contributed by atoms with van der Waals surface area (Å²) in [7, 11) is 0. The minimum Gasteiger partial charge on any atom is -0.546 e. The Hall–Kier alpha value is -2.04. The summed E-state index contributed by atoms with van der Waals surface area (Å²) in [4.78, 5) is 21.5. The van der Waals surface area contributed by atoms with Crippen molar-refractivity contribution in [1.29, 1.82) is 0 Å². The van der Waals surface area contributed by atoms with E-state index in [4.69, 9.17) is 4.74 Å². The molecule has 0 bridgehead atoms. The Morgan fingerprint density at radius 1 is 1.41 bits per heavy atom. The van der Waals surface area contributed by atoms with E-state index in [0.717, 1.165) is 6.42 Å². The molecule has 5 heteroatoms. The average molecular weight is 236 g/mol. The van der Waals surface area contributed by atoms with E-state index >= 15 is 0 Å². The number of carboxylic acid groups (broad SMARTS) is 1. The third-order valence-corrected chi connectivity index (χ3v) is 1.95. The number of carbonyl (C=O) groups excluding carboxylic acids is 2. The minimum absolute atomic E-state index is 0.0791. The molecular weight excluding hydrogens is 222 g/mol. The molecule has 0 saturated carbocycles. The third-order valence-electron chi connectivity index (χ3n) is 1.95. The smallest absolute Gasteiger partial charge is 0.224 e. The third kappa shape index (κ3) is 5.01. The second-order valence-electron chi connectivity index (χ2n) is 3.49. The molecule has 0 saturated heterocycles. The van der Waals surface area contributed by atoms with Gasteiger partial charge in [0.05, 0.1) is 5.97 Å². The van der Waals surface area contributed by atoms with Crippen molar-refractivity contribution in [2.45, 2.75) is 19.8 Å². The zero-order valence-corrected chi connectivity index (χ0v) is 9.56. The van der Waals surface area contributed by atoms with Crippen LogP contribution in [0.25, 0.3) is 0 Å². The number of rotatable bonds is 6. The second kappa shape index (κ2) is 6.52. The van der Waals surface area contributed by atoms with Gasteiger partial charge in [0, 0.05) is 18.2 Å². The molecule has 1 N–H and O–H groups in total. The maximum atomic E-state index is 11.3. The number of carboxylic acids is 1. The molecule has 0 atom stereocenters. The highest BCUT2D eigenvalue weighted by molar-refractivity contribution is 5.90. The van der Waals surface area contributed by atoms with E-state index in [2.05, 4.69) is 5.32 Å². The molecule has 0 aliphatic heterocycles. The quantitative estimate of drug-likeness (QED) is 0.782. The zero-order chi connectivity index (χ0) is 12.7. The molecule has 1 aromatic rings. The first kappa shape index (κ1) is 13.0. The van der Waals surface area contributed by atoms with Crippen molar-refractivity contribution in [2.75, 3.05) is 11.9 Å². The van der Waals surface area contributed by atoms with Crippen molar-refractivity contribution in [1.82, 2.24) is 0 Å². The molecule has 0 unspecified atom stereocenters. The summed E-state index contributed by atoms with van der Waals surface area (Å²) >= 11 is 0. The lowest BCUT2D eigenvalue weighted by molar-refractivity contribution is -0.307. The van der Waals surface area contributed by atoms with Gasteiger partial charge in [-0.1, -0.05) is 13.0 Å². The maximum absolute atomic E-state index is 11.3. The number of anilines is 1. The monoisotopic (exact) mass is 236 g/mol. The molecule has 0 aliphatic rings. The summed E-state index contributed by atoms with van der Waals surface area (Å²) in [6.45, 7) is 1.41. The first-order valence-corrected chi connectivity index (χ1v) is 5.34. The van der Waals surface area contributed by atoms with Crippen molar-refractivity contribution in [3.8, 4) is 5.75 Å². The zero-order valence-electron chi connectivity index (χ0n) is 9.56. The van der Waals surface area contributed by atoms with Crippen molar-refractivity contribution in [3.63, 3.8) is 0 Å². The van der Waals surface area contributed by atoms with E-state index in [1.807, 2.05) is 6.92 Å². The molecule has 92 valence electrons. The summed E-state index contributed by atoms with van der Waals surface area (Å²) in [5, 5.41) is 12.9. The Morgan fingerprint density at radius 3 is 2.82 bits per heavy atom. The summed E-state index contributed by atoms with van der Waals surface area (Å²) in [5.41, 5.74) is 0.583. The molecule has 1 aromatic carbocycles. The first-order chi connectivity index (χ1) is 8.11. The van der Waals surface area contributed by atoms with Crippen molar-refractivity contribution in [2.24, 2.45) is 0 Å². The fourth-order valence-electron chi connectivity index (χ4n) is 1.26. The summed E-state index contributed by atoms with van der Waals surface area (Å²) < 4.78 is 4.94. The van der Waals surface area contributed by atoms with Crippen LogP contribution in [0.2, 0.25) is 0 Å². The van der Waals surface area contributed by atoms with Crippen LogP contribution in [0.15, 0.2) is 24.3 Å². The number of aliphatic carboxylic acids is 1. The van der Waals surface area contributed by atoms with Gasteiger partial charge in [0.15, 0.2) is 0 Å². The van der Waals surface area contributed by atoms with Crippen LogP contribution >= 0.6 is 0 Å². The second-order valence-corrected chi connectivity index (χ2v) is 3.49.